The van der Waals surface area contributed by atoms with Gasteiger partial charge in [0.15, 0.2) is 0 Å². The minimum atomic E-state index is -0.0931. The summed E-state index contributed by atoms with van der Waals surface area (Å²) < 4.78 is 4.82. The molecule has 2 N–H and O–H groups in total. The van der Waals surface area contributed by atoms with Crippen LogP contribution in [0.25, 0.3) is 0 Å². The fraction of sp³-hybridized carbons (Fsp3) is 0.900. The van der Waals surface area contributed by atoms with E-state index in [1.807, 2.05) is 0 Å². The van der Waals surface area contributed by atoms with Gasteiger partial charge in [-0.2, -0.15) is 0 Å². The zero-order chi connectivity index (χ0) is 9.52. The summed E-state index contributed by atoms with van der Waals surface area (Å²) in [5.74, 6) is 0.0215. The highest BCUT2D eigenvalue weighted by Gasteiger charge is 2.19. The largest absolute Gasteiger partial charge is 0.450 e. The molecule has 1 fully saturated rings. The fourth-order valence-electron chi connectivity index (χ4n) is 1.89. The molecule has 1 aliphatic rings. The van der Waals surface area contributed by atoms with Gasteiger partial charge in [-0.05, 0) is 12.8 Å². The molecule has 0 aromatic heterocycles. The van der Waals surface area contributed by atoms with Crippen LogP contribution in [0.3, 0.4) is 0 Å². The molecule has 76 valence electrons. The van der Waals surface area contributed by atoms with Crippen molar-refractivity contribution in [2.75, 3.05) is 6.73 Å². The van der Waals surface area contributed by atoms with Gasteiger partial charge in [0.1, 0.15) is 6.73 Å². The Morgan fingerprint density at radius 3 is 2.23 bits per heavy atom. The average molecular weight is 185 g/mol. The highest BCUT2D eigenvalue weighted by atomic mass is 16.5. The van der Waals surface area contributed by atoms with Crippen molar-refractivity contribution in [2.45, 2.75) is 44.9 Å². The van der Waals surface area contributed by atoms with E-state index in [2.05, 4.69) is 0 Å². The van der Waals surface area contributed by atoms with Crippen LogP contribution in [0.4, 0.5) is 0 Å². The Hall–Kier alpha value is -0.570. The van der Waals surface area contributed by atoms with Crippen LogP contribution in [-0.2, 0) is 9.53 Å². The summed E-state index contributed by atoms with van der Waals surface area (Å²) in [6.07, 6.45) is 8.11. The van der Waals surface area contributed by atoms with Gasteiger partial charge in [-0.3, -0.25) is 10.5 Å². The number of esters is 1. The molecule has 0 aliphatic heterocycles. The summed E-state index contributed by atoms with van der Waals surface area (Å²) >= 11 is 0. The van der Waals surface area contributed by atoms with Gasteiger partial charge < -0.3 is 4.74 Å². The summed E-state index contributed by atoms with van der Waals surface area (Å²) in [6.45, 7) is 0.0231. The van der Waals surface area contributed by atoms with E-state index in [1.54, 1.807) is 0 Å². The smallest absolute Gasteiger partial charge is 0.310 e. The Labute approximate surface area is 79.6 Å². The van der Waals surface area contributed by atoms with Crippen LogP contribution in [0.5, 0.6) is 0 Å². The zero-order valence-corrected chi connectivity index (χ0v) is 8.13. The Morgan fingerprint density at radius 2 is 1.69 bits per heavy atom. The number of carbonyl (C=O) groups excluding carboxylic acids is 1. The van der Waals surface area contributed by atoms with Crippen LogP contribution in [-0.4, -0.2) is 12.7 Å². The minimum Gasteiger partial charge on any atom is -0.450 e. The summed E-state index contributed by atoms with van der Waals surface area (Å²) in [7, 11) is 0. The van der Waals surface area contributed by atoms with Gasteiger partial charge in [-0.15, -0.1) is 0 Å². The van der Waals surface area contributed by atoms with E-state index in [0.717, 1.165) is 25.7 Å². The van der Waals surface area contributed by atoms with Crippen molar-refractivity contribution in [3.8, 4) is 0 Å². The maximum atomic E-state index is 11.4. The third kappa shape index (κ3) is 3.77. The quantitative estimate of drug-likeness (QED) is 0.527. The van der Waals surface area contributed by atoms with Gasteiger partial charge in [-0.25, -0.2) is 0 Å². The number of carbonyl (C=O) groups is 1. The van der Waals surface area contributed by atoms with Crippen molar-refractivity contribution >= 4 is 5.97 Å². The van der Waals surface area contributed by atoms with Crippen LogP contribution >= 0.6 is 0 Å². The van der Waals surface area contributed by atoms with Crippen LogP contribution in [0.2, 0.25) is 0 Å². The molecule has 0 atom stereocenters. The first kappa shape index (κ1) is 10.5. The maximum Gasteiger partial charge on any atom is 0.310 e. The van der Waals surface area contributed by atoms with E-state index in [-0.39, 0.29) is 18.6 Å². The number of nitrogens with two attached hydrogens (primary N) is 1. The molecule has 0 spiro atoms. The lowest BCUT2D eigenvalue weighted by molar-refractivity contribution is -0.149. The van der Waals surface area contributed by atoms with Crippen LogP contribution in [0.1, 0.15) is 44.9 Å². The summed E-state index contributed by atoms with van der Waals surface area (Å²) in [4.78, 5) is 11.4. The standard InChI is InChI=1S/C10H19NO2/c11-8-13-10(12)9-6-4-2-1-3-5-7-9/h9H,1-8,11H2. The van der Waals surface area contributed by atoms with Crippen molar-refractivity contribution in [3.63, 3.8) is 0 Å². The summed E-state index contributed by atoms with van der Waals surface area (Å²) in [5.41, 5.74) is 5.16. The van der Waals surface area contributed by atoms with Gasteiger partial charge in [0.05, 0.1) is 5.92 Å². The van der Waals surface area contributed by atoms with E-state index in [9.17, 15) is 4.79 Å². The predicted molar refractivity (Wildman–Crippen MR) is 51.0 cm³/mol. The van der Waals surface area contributed by atoms with Crippen molar-refractivity contribution < 1.29 is 9.53 Å². The van der Waals surface area contributed by atoms with E-state index >= 15 is 0 Å². The Morgan fingerprint density at radius 1 is 1.15 bits per heavy atom. The highest BCUT2D eigenvalue weighted by molar-refractivity contribution is 5.72. The first-order valence-corrected chi connectivity index (χ1v) is 5.21. The van der Waals surface area contributed by atoms with E-state index < -0.39 is 0 Å². The Bertz CT molecular complexity index is 151. The molecule has 1 aliphatic carbocycles. The molecule has 0 aromatic rings. The number of rotatable bonds is 2. The second kappa shape index (κ2) is 5.97. The lowest BCUT2D eigenvalue weighted by atomic mass is 9.91. The molecule has 0 bridgehead atoms. The predicted octanol–water partition coefficient (Wildman–Crippen LogP) is 1.81. The van der Waals surface area contributed by atoms with E-state index in [4.69, 9.17) is 10.5 Å². The van der Waals surface area contributed by atoms with Gasteiger partial charge in [0.25, 0.3) is 0 Å². The third-order valence-electron chi connectivity index (χ3n) is 2.66. The SMILES string of the molecule is NCOC(=O)C1CCCCCCC1. The van der Waals surface area contributed by atoms with Crippen molar-refractivity contribution in [1.29, 1.82) is 0 Å². The first-order valence-electron chi connectivity index (χ1n) is 5.21. The van der Waals surface area contributed by atoms with Crippen LogP contribution < -0.4 is 5.73 Å². The summed E-state index contributed by atoms with van der Waals surface area (Å²) in [5, 5.41) is 0. The fourth-order valence-corrected chi connectivity index (χ4v) is 1.89. The van der Waals surface area contributed by atoms with Crippen LogP contribution in [0, 0.1) is 5.92 Å². The normalized spacial score (nSPS) is 20.4. The number of hydrogen-bond acceptors (Lipinski definition) is 3. The average Bonchev–Trinajstić information content (AvgIpc) is 2.03. The van der Waals surface area contributed by atoms with Crippen molar-refractivity contribution in [2.24, 2.45) is 11.7 Å². The van der Waals surface area contributed by atoms with E-state index in [0.29, 0.717) is 0 Å². The Balaban J connectivity index is 2.32. The molecule has 1 rings (SSSR count). The lowest BCUT2D eigenvalue weighted by Gasteiger charge is -2.17. The molecule has 0 unspecified atom stereocenters. The molecule has 0 amide bonds. The highest BCUT2D eigenvalue weighted by Crippen LogP contribution is 2.22. The van der Waals surface area contributed by atoms with E-state index in [1.165, 1.54) is 19.3 Å². The van der Waals surface area contributed by atoms with Gasteiger partial charge >= 0.3 is 5.97 Å². The second-order valence-corrected chi connectivity index (χ2v) is 3.67. The lowest BCUT2D eigenvalue weighted by Crippen LogP contribution is -2.21. The van der Waals surface area contributed by atoms with Gasteiger partial charge in [0, 0.05) is 0 Å². The first-order chi connectivity index (χ1) is 6.34. The molecule has 0 saturated heterocycles. The molecule has 1 saturated carbocycles. The number of ether oxygens (including phenoxy) is 1. The van der Waals surface area contributed by atoms with Crippen LogP contribution in [0.15, 0.2) is 0 Å². The van der Waals surface area contributed by atoms with Crippen molar-refractivity contribution in [3.05, 3.63) is 0 Å². The Kier molecular flexibility index (Phi) is 4.83. The van der Waals surface area contributed by atoms with Gasteiger partial charge in [0.2, 0.25) is 0 Å². The molecule has 0 heterocycles. The van der Waals surface area contributed by atoms with Gasteiger partial charge in [-0.1, -0.05) is 32.1 Å². The number of hydrogen-bond donors (Lipinski definition) is 1. The molecule has 0 radical (unpaired) electrons. The monoisotopic (exact) mass is 185 g/mol. The zero-order valence-electron chi connectivity index (χ0n) is 8.13. The maximum absolute atomic E-state index is 11.4. The molecular weight excluding hydrogens is 166 g/mol. The molecule has 3 nitrogen and oxygen atoms in total. The molecular formula is C10H19NO2. The topological polar surface area (TPSA) is 52.3 Å². The molecule has 3 heteroatoms. The third-order valence-corrected chi connectivity index (χ3v) is 2.66. The minimum absolute atomic E-state index is 0.0231. The molecule has 0 aromatic carbocycles. The second-order valence-electron chi connectivity index (χ2n) is 3.67. The summed E-state index contributed by atoms with van der Waals surface area (Å²) in [6, 6.07) is 0. The molecule has 13 heavy (non-hydrogen) atoms. The van der Waals surface area contributed by atoms with Crippen molar-refractivity contribution in [1.82, 2.24) is 0 Å².